The normalized spacial score (nSPS) is 11.0. The number of hydrogen-bond donors (Lipinski definition) is 0. The summed E-state index contributed by atoms with van der Waals surface area (Å²) in [5.74, 6) is 4.03. The summed E-state index contributed by atoms with van der Waals surface area (Å²) >= 11 is 0. The highest BCUT2D eigenvalue weighted by Crippen LogP contribution is 2.36. The van der Waals surface area contributed by atoms with Gasteiger partial charge in [-0.15, -0.1) is 0 Å². The van der Waals surface area contributed by atoms with Crippen LogP contribution in [0.2, 0.25) is 0 Å². The van der Waals surface area contributed by atoms with Crippen LogP contribution in [0.15, 0.2) is 133 Å². The minimum absolute atomic E-state index is 0.244. The van der Waals surface area contributed by atoms with Crippen molar-refractivity contribution in [1.29, 1.82) is 21.0 Å². The van der Waals surface area contributed by atoms with Crippen LogP contribution in [-0.4, -0.2) is 13.2 Å². The van der Waals surface area contributed by atoms with Crippen molar-refractivity contribution >= 4 is 0 Å². The molecule has 0 saturated heterocycles. The van der Waals surface area contributed by atoms with Crippen LogP contribution in [0.4, 0.5) is 0 Å². The molecule has 0 radical (unpaired) electrons. The Morgan fingerprint density at radius 3 is 0.933 bits per heavy atom. The Bertz CT molecular complexity index is 2390. The van der Waals surface area contributed by atoms with Gasteiger partial charge in [-0.25, -0.2) is 0 Å². The van der Waals surface area contributed by atoms with Gasteiger partial charge < -0.3 is 18.9 Å². The number of hydrogen-bond acceptors (Lipinski definition) is 8. The van der Waals surface area contributed by atoms with Crippen LogP contribution in [0.1, 0.15) is 97.9 Å². The number of rotatable bonds is 17. The molecule has 60 heavy (non-hydrogen) atoms. The number of benzene rings is 6. The molecule has 0 unspecified atom stereocenters. The topological polar surface area (TPSA) is 132 Å². The quantitative estimate of drug-likeness (QED) is 0.0834. The van der Waals surface area contributed by atoms with E-state index in [1.54, 1.807) is 36.4 Å². The molecule has 0 aliphatic heterocycles. The summed E-state index contributed by atoms with van der Waals surface area (Å²) in [6, 6.07) is 50.3. The van der Waals surface area contributed by atoms with Crippen molar-refractivity contribution in [3.05, 3.63) is 178 Å². The molecule has 6 aromatic carbocycles. The fourth-order valence-electron chi connectivity index (χ4n) is 6.91. The Balaban J connectivity index is 0.885. The van der Waals surface area contributed by atoms with Crippen molar-refractivity contribution in [2.75, 3.05) is 13.2 Å². The van der Waals surface area contributed by atoms with Gasteiger partial charge in [0, 0.05) is 10.8 Å². The molecule has 298 valence electrons. The van der Waals surface area contributed by atoms with E-state index < -0.39 is 0 Å². The highest BCUT2D eigenvalue weighted by molar-refractivity contribution is 5.52. The molecule has 8 heteroatoms. The summed E-state index contributed by atoms with van der Waals surface area (Å²) in [5, 5.41) is 37.0. The lowest BCUT2D eigenvalue weighted by molar-refractivity contribution is 0.287. The van der Waals surface area contributed by atoms with E-state index in [4.69, 9.17) is 29.5 Å². The maximum Gasteiger partial charge on any atom is 0.128 e. The van der Waals surface area contributed by atoms with E-state index in [1.807, 2.05) is 97.1 Å². The van der Waals surface area contributed by atoms with Crippen LogP contribution in [0.25, 0.3) is 0 Å². The van der Waals surface area contributed by atoms with Gasteiger partial charge in [-0.05, 0) is 133 Å². The zero-order valence-electron chi connectivity index (χ0n) is 34.4. The average molecular weight is 791 g/mol. The Morgan fingerprint density at radius 2 is 0.633 bits per heavy atom. The fourth-order valence-corrected chi connectivity index (χ4v) is 6.91. The Morgan fingerprint density at radius 1 is 0.350 bits per heavy atom. The molecule has 0 aromatic heterocycles. The van der Waals surface area contributed by atoms with Gasteiger partial charge >= 0.3 is 0 Å². The monoisotopic (exact) mass is 790 g/mol. The van der Waals surface area contributed by atoms with Crippen LogP contribution in [-0.2, 0) is 10.8 Å². The third-order valence-corrected chi connectivity index (χ3v) is 10.8. The molecule has 0 spiro atoms. The second kappa shape index (κ2) is 19.3. The zero-order chi connectivity index (χ0) is 42.5. The highest BCUT2D eigenvalue weighted by Gasteiger charge is 2.24. The Labute approximate surface area is 353 Å². The molecule has 0 aliphatic carbocycles. The minimum atomic E-state index is -0.244. The first-order valence-electron chi connectivity index (χ1n) is 20.0. The Hall–Kier alpha value is -7.52. The maximum atomic E-state index is 9.31. The maximum absolute atomic E-state index is 9.31. The van der Waals surface area contributed by atoms with Gasteiger partial charge in [-0.3, -0.25) is 0 Å². The summed E-state index contributed by atoms with van der Waals surface area (Å²) in [5.41, 5.74) is 5.35. The van der Waals surface area contributed by atoms with E-state index >= 15 is 0 Å². The van der Waals surface area contributed by atoms with Crippen molar-refractivity contribution < 1.29 is 18.9 Å². The number of unbranched alkanes of at least 4 members (excludes halogenated alkanes) is 3. The number of ether oxygens (including phenoxy) is 4. The molecule has 0 aliphatic rings. The highest BCUT2D eigenvalue weighted by atomic mass is 16.5. The molecule has 0 bridgehead atoms. The first kappa shape index (κ1) is 42.1. The second-order valence-corrected chi connectivity index (χ2v) is 15.5. The molecular weight excluding hydrogens is 745 g/mol. The van der Waals surface area contributed by atoms with E-state index in [-0.39, 0.29) is 22.0 Å². The van der Waals surface area contributed by atoms with Crippen molar-refractivity contribution in [2.45, 2.75) is 64.2 Å². The molecule has 0 saturated carbocycles. The minimum Gasteiger partial charge on any atom is -0.494 e. The smallest absolute Gasteiger partial charge is 0.128 e. The van der Waals surface area contributed by atoms with Crippen LogP contribution in [0.5, 0.6) is 34.5 Å². The van der Waals surface area contributed by atoms with Gasteiger partial charge in [0.1, 0.15) is 58.8 Å². The molecule has 8 nitrogen and oxygen atoms in total. The zero-order valence-corrected chi connectivity index (χ0v) is 34.4. The van der Waals surface area contributed by atoms with Gasteiger partial charge in [-0.1, -0.05) is 76.2 Å². The largest absolute Gasteiger partial charge is 0.494 e. The third kappa shape index (κ3) is 10.3. The standard InChI is InChI=1S/C52H46N4O4/c1-51(2,43-15-25-47(26-16-43)59-49-19-9-37(33-53)39(31-49)35-55)41-11-21-45(22-12-41)57-29-7-5-6-8-30-58-46-23-13-42(14-24-46)52(3,4)44-17-27-48(28-18-44)60-50-20-10-38(34-54)40(32-50)36-56/h9-28,31-32H,5-8,29-30H2,1-4H3. The second-order valence-electron chi connectivity index (χ2n) is 15.5. The number of nitrogens with zero attached hydrogens (tertiary/aromatic N) is 4. The molecule has 6 rings (SSSR count). The predicted molar refractivity (Wildman–Crippen MR) is 231 cm³/mol. The third-order valence-electron chi connectivity index (χ3n) is 10.8. The van der Waals surface area contributed by atoms with E-state index in [1.165, 1.54) is 11.1 Å². The number of nitriles is 4. The van der Waals surface area contributed by atoms with E-state index in [0.717, 1.165) is 48.3 Å². The van der Waals surface area contributed by atoms with Crippen LogP contribution >= 0.6 is 0 Å². The predicted octanol–water partition coefficient (Wildman–Crippen LogP) is 12.4. The molecule has 6 aromatic rings. The summed E-state index contributed by atoms with van der Waals surface area (Å²) in [7, 11) is 0. The molecule has 0 amide bonds. The lowest BCUT2D eigenvalue weighted by Gasteiger charge is -2.26. The summed E-state index contributed by atoms with van der Waals surface area (Å²) in [4.78, 5) is 0. The van der Waals surface area contributed by atoms with E-state index in [0.29, 0.717) is 47.3 Å². The van der Waals surface area contributed by atoms with Crippen molar-refractivity contribution in [2.24, 2.45) is 0 Å². The van der Waals surface area contributed by atoms with Gasteiger partial charge in [0.15, 0.2) is 0 Å². The van der Waals surface area contributed by atoms with Gasteiger partial charge in [0.25, 0.3) is 0 Å². The lowest BCUT2D eigenvalue weighted by atomic mass is 9.78. The average Bonchev–Trinajstić information content (AvgIpc) is 3.27. The van der Waals surface area contributed by atoms with Crippen molar-refractivity contribution in [1.82, 2.24) is 0 Å². The van der Waals surface area contributed by atoms with Gasteiger partial charge in [0.2, 0.25) is 0 Å². The molecule has 0 atom stereocenters. The Kier molecular flexibility index (Phi) is 13.5. The lowest BCUT2D eigenvalue weighted by Crippen LogP contribution is -2.18. The van der Waals surface area contributed by atoms with Gasteiger partial charge in [-0.2, -0.15) is 21.0 Å². The first-order chi connectivity index (χ1) is 29.0. The summed E-state index contributed by atoms with van der Waals surface area (Å²) < 4.78 is 24.0. The van der Waals surface area contributed by atoms with Crippen LogP contribution in [0.3, 0.4) is 0 Å². The molecule has 0 fully saturated rings. The fraction of sp³-hybridized carbons (Fsp3) is 0.231. The summed E-state index contributed by atoms with van der Waals surface area (Å²) in [6.07, 6.45) is 4.06. The van der Waals surface area contributed by atoms with E-state index in [9.17, 15) is 10.5 Å². The summed E-state index contributed by atoms with van der Waals surface area (Å²) in [6.45, 7) is 10.1. The van der Waals surface area contributed by atoms with Crippen LogP contribution < -0.4 is 18.9 Å². The van der Waals surface area contributed by atoms with E-state index in [2.05, 4.69) is 52.0 Å². The first-order valence-corrected chi connectivity index (χ1v) is 20.0. The molecule has 0 N–H and O–H groups in total. The van der Waals surface area contributed by atoms with Gasteiger partial charge in [0.05, 0.1) is 35.5 Å². The molecular formula is C52H46N4O4. The molecule has 0 heterocycles. The van der Waals surface area contributed by atoms with Crippen molar-refractivity contribution in [3.63, 3.8) is 0 Å². The SMILES string of the molecule is CC(C)(c1ccc(OCCCCCCOc2ccc(C(C)(C)c3ccc(Oc4ccc(C#N)c(C#N)c4)cc3)cc2)cc1)c1ccc(Oc2ccc(C#N)c(C#N)c2)cc1. The van der Waals surface area contributed by atoms with Crippen molar-refractivity contribution in [3.8, 4) is 58.8 Å². The van der Waals surface area contributed by atoms with Crippen LogP contribution in [0, 0.1) is 45.3 Å².